The van der Waals surface area contributed by atoms with Gasteiger partial charge in [0.2, 0.25) is 5.91 Å². The fourth-order valence-electron chi connectivity index (χ4n) is 2.81. The van der Waals surface area contributed by atoms with Crippen molar-refractivity contribution >= 4 is 40.8 Å². The lowest BCUT2D eigenvalue weighted by atomic mass is 10.2. The first-order chi connectivity index (χ1) is 13.0. The number of carbonyl (C=O) groups is 1. The van der Waals surface area contributed by atoms with Crippen molar-refractivity contribution < 1.29 is 4.79 Å². The van der Waals surface area contributed by atoms with Crippen LogP contribution in [0, 0.1) is 5.92 Å². The zero-order valence-corrected chi connectivity index (χ0v) is 16.4. The second-order valence-electron chi connectivity index (χ2n) is 6.87. The van der Waals surface area contributed by atoms with E-state index in [1.807, 2.05) is 24.3 Å². The molecular formula is C18H21ClN6OS. The lowest BCUT2D eigenvalue weighted by molar-refractivity contribution is -0.117. The fraction of sp³-hybridized carbons (Fsp3) is 0.389. The van der Waals surface area contributed by atoms with Crippen LogP contribution >= 0.6 is 23.4 Å². The number of benzene rings is 1. The van der Waals surface area contributed by atoms with Crippen LogP contribution < -0.4 is 21.5 Å². The minimum atomic E-state index is 0.0955. The van der Waals surface area contributed by atoms with Gasteiger partial charge in [0, 0.05) is 28.6 Å². The maximum absolute atomic E-state index is 11.8. The molecule has 2 aliphatic rings. The van der Waals surface area contributed by atoms with Gasteiger partial charge in [-0.1, -0.05) is 11.6 Å². The van der Waals surface area contributed by atoms with Crippen molar-refractivity contribution in [3.63, 3.8) is 0 Å². The van der Waals surface area contributed by atoms with E-state index in [-0.39, 0.29) is 18.0 Å². The van der Waals surface area contributed by atoms with Crippen LogP contribution in [0.15, 0.2) is 40.4 Å². The van der Waals surface area contributed by atoms with Gasteiger partial charge in [-0.3, -0.25) is 10.2 Å². The molecule has 1 amide bonds. The van der Waals surface area contributed by atoms with Gasteiger partial charge in [-0.2, -0.15) is 0 Å². The standard InChI is InChI=1S/C18H21ClN6OS/c1-10-8-16(25-24-10)22-15-9-14(19)21-18(23-15)27-13-6-4-12(5-7-13)20-17(26)11-2-3-11/h4-7,9-11,16,24-25H,2-3,8H2,1H3,(H,20,26)(H,21,22,23). The third-order valence-corrected chi connectivity index (χ3v) is 5.44. The van der Waals surface area contributed by atoms with Gasteiger partial charge in [-0.15, -0.1) is 0 Å². The normalized spacial score (nSPS) is 21.9. The SMILES string of the molecule is CC1CC(Nc2cc(Cl)nc(Sc3ccc(NC(=O)C4CC4)cc3)n2)NN1. The second kappa shape index (κ2) is 8.02. The molecule has 1 saturated heterocycles. The van der Waals surface area contributed by atoms with Crippen LogP contribution in [-0.2, 0) is 4.79 Å². The van der Waals surface area contributed by atoms with E-state index in [1.54, 1.807) is 6.07 Å². The summed E-state index contributed by atoms with van der Waals surface area (Å²) in [5, 5.41) is 7.21. The Hall–Kier alpha value is -1.87. The van der Waals surface area contributed by atoms with E-state index in [2.05, 4.69) is 38.4 Å². The van der Waals surface area contributed by atoms with E-state index in [0.717, 1.165) is 29.8 Å². The Morgan fingerprint density at radius 2 is 2.00 bits per heavy atom. The number of halogens is 1. The molecule has 4 N–H and O–H groups in total. The highest BCUT2D eigenvalue weighted by molar-refractivity contribution is 7.99. The van der Waals surface area contributed by atoms with Gasteiger partial charge < -0.3 is 10.6 Å². The van der Waals surface area contributed by atoms with Crippen LogP contribution in [0.25, 0.3) is 0 Å². The van der Waals surface area contributed by atoms with Crippen molar-refractivity contribution in [2.75, 3.05) is 10.6 Å². The van der Waals surface area contributed by atoms with Crippen molar-refractivity contribution in [2.45, 2.75) is 48.4 Å². The molecule has 2 fully saturated rings. The summed E-state index contributed by atoms with van der Waals surface area (Å²) in [5.41, 5.74) is 7.14. The van der Waals surface area contributed by atoms with Gasteiger partial charge in [0.05, 0.1) is 6.17 Å². The Morgan fingerprint density at radius 1 is 1.22 bits per heavy atom. The fourth-order valence-corrected chi connectivity index (χ4v) is 3.81. The van der Waals surface area contributed by atoms with Crippen LogP contribution in [0.4, 0.5) is 11.5 Å². The molecule has 7 nitrogen and oxygen atoms in total. The third-order valence-electron chi connectivity index (χ3n) is 4.37. The highest BCUT2D eigenvalue weighted by Crippen LogP contribution is 2.31. The first kappa shape index (κ1) is 18.5. The largest absolute Gasteiger partial charge is 0.353 e. The van der Waals surface area contributed by atoms with E-state index in [9.17, 15) is 4.79 Å². The van der Waals surface area contributed by atoms with Crippen molar-refractivity contribution in [1.82, 2.24) is 20.8 Å². The number of anilines is 2. The number of amides is 1. The van der Waals surface area contributed by atoms with Crippen LogP contribution in [0.3, 0.4) is 0 Å². The van der Waals surface area contributed by atoms with Crippen molar-refractivity contribution in [3.05, 3.63) is 35.5 Å². The second-order valence-corrected chi connectivity index (χ2v) is 8.30. The molecule has 1 aliphatic heterocycles. The number of hydrazine groups is 1. The van der Waals surface area contributed by atoms with E-state index in [0.29, 0.717) is 22.2 Å². The predicted molar refractivity (Wildman–Crippen MR) is 107 cm³/mol. The summed E-state index contributed by atoms with van der Waals surface area (Å²) in [5.74, 6) is 0.977. The van der Waals surface area contributed by atoms with Gasteiger partial charge >= 0.3 is 0 Å². The summed E-state index contributed by atoms with van der Waals surface area (Å²) in [7, 11) is 0. The van der Waals surface area contributed by atoms with Crippen LogP contribution in [0.2, 0.25) is 5.15 Å². The van der Waals surface area contributed by atoms with Gasteiger partial charge in [-0.05, 0) is 62.2 Å². The van der Waals surface area contributed by atoms with Crippen LogP contribution in [0.1, 0.15) is 26.2 Å². The van der Waals surface area contributed by atoms with Crippen LogP contribution in [-0.4, -0.2) is 28.1 Å². The summed E-state index contributed by atoms with van der Waals surface area (Å²) in [6, 6.07) is 9.77. The molecule has 1 aromatic heterocycles. The molecule has 0 radical (unpaired) electrons. The predicted octanol–water partition coefficient (Wildman–Crippen LogP) is 3.25. The number of hydrogen-bond donors (Lipinski definition) is 4. The number of aromatic nitrogens is 2. The molecule has 2 unspecified atom stereocenters. The highest BCUT2D eigenvalue weighted by atomic mass is 35.5. The summed E-state index contributed by atoms with van der Waals surface area (Å²) in [4.78, 5) is 21.6. The van der Waals surface area contributed by atoms with Gasteiger partial charge in [0.15, 0.2) is 5.16 Å². The van der Waals surface area contributed by atoms with Crippen LogP contribution in [0.5, 0.6) is 0 Å². The molecule has 142 valence electrons. The minimum absolute atomic E-state index is 0.0955. The Bertz CT molecular complexity index is 829. The van der Waals surface area contributed by atoms with E-state index < -0.39 is 0 Å². The lowest BCUT2D eigenvalue weighted by Crippen LogP contribution is -2.36. The van der Waals surface area contributed by atoms with Gasteiger partial charge in [-0.25, -0.2) is 15.4 Å². The van der Waals surface area contributed by atoms with Crippen molar-refractivity contribution in [2.24, 2.45) is 5.92 Å². The van der Waals surface area contributed by atoms with E-state index in [4.69, 9.17) is 11.6 Å². The Labute approximate surface area is 167 Å². The molecule has 2 atom stereocenters. The molecule has 27 heavy (non-hydrogen) atoms. The Morgan fingerprint density at radius 3 is 2.67 bits per heavy atom. The molecule has 1 aliphatic carbocycles. The number of nitrogens with one attached hydrogen (secondary N) is 4. The topological polar surface area (TPSA) is 91.0 Å². The molecule has 2 heterocycles. The lowest BCUT2D eigenvalue weighted by Gasteiger charge is -2.13. The monoisotopic (exact) mass is 404 g/mol. The quantitative estimate of drug-likeness (QED) is 0.434. The van der Waals surface area contributed by atoms with E-state index >= 15 is 0 Å². The third kappa shape index (κ3) is 5.10. The summed E-state index contributed by atoms with van der Waals surface area (Å²) in [6.45, 7) is 2.11. The summed E-state index contributed by atoms with van der Waals surface area (Å²) in [6.07, 6.45) is 3.03. The first-order valence-electron chi connectivity index (χ1n) is 8.96. The summed E-state index contributed by atoms with van der Waals surface area (Å²) >= 11 is 7.59. The van der Waals surface area contributed by atoms with Crippen molar-refractivity contribution in [3.8, 4) is 0 Å². The number of nitrogens with zero attached hydrogens (tertiary/aromatic N) is 2. The maximum Gasteiger partial charge on any atom is 0.227 e. The molecule has 9 heteroatoms. The Kier molecular flexibility index (Phi) is 5.49. The first-order valence-corrected chi connectivity index (χ1v) is 10.2. The van der Waals surface area contributed by atoms with E-state index in [1.165, 1.54) is 11.8 Å². The van der Waals surface area contributed by atoms with Gasteiger partial charge in [0.1, 0.15) is 11.0 Å². The molecular weight excluding hydrogens is 384 g/mol. The van der Waals surface area contributed by atoms with Crippen molar-refractivity contribution in [1.29, 1.82) is 0 Å². The van der Waals surface area contributed by atoms with Gasteiger partial charge in [0.25, 0.3) is 0 Å². The zero-order chi connectivity index (χ0) is 18.8. The number of carbonyl (C=O) groups excluding carboxylic acids is 1. The zero-order valence-electron chi connectivity index (χ0n) is 14.8. The average molecular weight is 405 g/mol. The molecule has 0 spiro atoms. The molecule has 0 bridgehead atoms. The maximum atomic E-state index is 11.8. The molecule has 1 saturated carbocycles. The average Bonchev–Trinajstić information content (AvgIpc) is 3.40. The molecule has 1 aromatic carbocycles. The Balaban J connectivity index is 1.40. The smallest absolute Gasteiger partial charge is 0.227 e. The number of rotatable bonds is 6. The molecule has 2 aromatic rings. The minimum Gasteiger partial charge on any atom is -0.353 e. The number of hydrogen-bond acceptors (Lipinski definition) is 7. The summed E-state index contributed by atoms with van der Waals surface area (Å²) < 4.78 is 0. The highest BCUT2D eigenvalue weighted by Gasteiger charge is 2.29. The molecule has 4 rings (SSSR count).